The van der Waals surface area contributed by atoms with Gasteiger partial charge in [0.1, 0.15) is 5.60 Å². The van der Waals surface area contributed by atoms with E-state index in [0.29, 0.717) is 28.2 Å². The normalized spacial score (nSPS) is 20.8. The minimum atomic E-state index is -3.20. The van der Waals surface area contributed by atoms with Crippen molar-refractivity contribution < 1.29 is 22.7 Å². The number of amides is 1. The number of aromatic nitrogens is 1. The number of nitrogens with zero attached hydrogens (tertiary/aromatic N) is 1. The van der Waals surface area contributed by atoms with Crippen LogP contribution in [0.3, 0.4) is 0 Å². The predicted octanol–water partition coefficient (Wildman–Crippen LogP) is 4.36. The van der Waals surface area contributed by atoms with Crippen LogP contribution in [0, 0.1) is 0 Å². The van der Waals surface area contributed by atoms with E-state index in [0.717, 1.165) is 5.56 Å². The van der Waals surface area contributed by atoms with Gasteiger partial charge in [0, 0.05) is 16.1 Å². The number of fused-ring (bicyclic) bond motifs is 1. The average Bonchev–Trinajstić information content (AvgIpc) is 2.94. The number of primary amides is 1. The fourth-order valence-corrected chi connectivity index (χ4v) is 6.04. The molecule has 1 amide bonds. The summed E-state index contributed by atoms with van der Waals surface area (Å²) >= 11 is 3.42. The Morgan fingerprint density at radius 1 is 1.27 bits per heavy atom. The molecule has 1 unspecified atom stereocenters. The molecule has 2 heterocycles. The van der Waals surface area contributed by atoms with E-state index in [-0.39, 0.29) is 17.2 Å². The molecule has 1 aliphatic heterocycles. The Bertz CT molecular complexity index is 1140. The molecule has 1 aromatic heterocycles. The van der Waals surface area contributed by atoms with Crippen molar-refractivity contribution in [2.45, 2.75) is 63.7 Å². The van der Waals surface area contributed by atoms with E-state index >= 15 is 0 Å². The van der Waals surface area contributed by atoms with Gasteiger partial charge in [-0.2, -0.15) is 0 Å². The number of halogens is 1. The summed E-state index contributed by atoms with van der Waals surface area (Å²) in [5.41, 5.74) is 6.26. The maximum Gasteiger partial charge on any atom is 0.419 e. The van der Waals surface area contributed by atoms with Crippen molar-refractivity contribution in [3.8, 4) is 0 Å². The highest BCUT2D eigenvalue weighted by molar-refractivity contribution is 9.10. The predicted molar refractivity (Wildman–Crippen MR) is 120 cm³/mol. The van der Waals surface area contributed by atoms with Crippen LogP contribution < -0.4 is 5.73 Å². The first-order valence-electron chi connectivity index (χ1n) is 9.73. The zero-order valence-electron chi connectivity index (χ0n) is 17.8. The number of sulfone groups is 1. The second-order valence-electron chi connectivity index (χ2n) is 9.42. The third-order valence-corrected chi connectivity index (χ3v) is 8.59. The van der Waals surface area contributed by atoms with Gasteiger partial charge in [-0.15, -0.1) is 0 Å². The molecule has 0 aliphatic carbocycles. The SMILES string of the molecule is CC(C)(C)OC(=O)n1cc(C2CCS(=O)(=O)C(C)(C)C2)c2cc(Br)cc(C(N)=O)c21. The number of hydrogen-bond acceptors (Lipinski definition) is 5. The van der Waals surface area contributed by atoms with Gasteiger partial charge in [0.15, 0.2) is 9.84 Å². The monoisotopic (exact) mass is 498 g/mol. The summed E-state index contributed by atoms with van der Waals surface area (Å²) in [6.45, 7) is 8.74. The van der Waals surface area contributed by atoms with E-state index < -0.39 is 32.2 Å². The minimum Gasteiger partial charge on any atom is -0.443 e. The molecule has 9 heteroatoms. The van der Waals surface area contributed by atoms with E-state index in [2.05, 4.69) is 15.9 Å². The highest BCUT2D eigenvalue weighted by Gasteiger charge is 2.42. The molecular weight excluding hydrogens is 472 g/mol. The number of benzene rings is 1. The van der Waals surface area contributed by atoms with E-state index in [1.807, 2.05) is 6.07 Å². The van der Waals surface area contributed by atoms with Crippen LogP contribution in [0.5, 0.6) is 0 Å². The van der Waals surface area contributed by atoms with Gasteiger partial charge in [0.2, 0.25) is 0 Å². The first kappa shape index (κ1) is 22.8. The third kappa shape index (κ3) is 4.14. The maximum atomic E-state index is 12.9. The van der Waals surface area contributed by atoms with E-state index in [1.165, 1.54) is 4.57 Å². The largest absolute Gasteiger partial charge is 0.443 e. The lowest BCUT2D eigenvalue weighted by atomic mass is 9.87. The number of carbonyl (C=O) groups excluding carboxylic acids is 2. The van der Waals surface area contributed by atoms with Crippen molar-refractivity contribution in [3.63, 3.8) is 0 Å². The zero-order chi connectivity index (χ0) is 22.6. The Hall–Kier alpha value is -1.87. The lowest BCUT2D eigenvalue weighted by Gasteiger charge is -2.34. The molecule has 30 heavy (non-hydrogen) atoms. The molecule has 2 N–H and O–H groups in total. The molecule has 0 radical (unpaired) electrons. The van der Waals surface area contributed by atoms with Gasteiger partial charge in [0.25, 0.3) is 5.91 Å². The zero-order valence-corrected chi connectivity index (χ0v) is 20.2. The molecule has 3 rings (SSSR count). The molecule has 1 saturated heterocycles. The summed E-state index contributed by atoms with van der Waals surface area (Å²) < 4.78 is 31.5. The van der Waals surface area contributed by atoms with Gasteiger partial charge in [-0.1, -0.05) is 15.9 Å². The summed E-state index contributed by atoms with van der Waals surface area (Å²) in [7, 11) is -3.20. The lowest BCUT2D eigenvalue weighted by molar-refractivity contribution is 0.0544. The van der Waals surface area contributed by atoms with Crippen molar-refractivity contribution in [1.82, 2.24) is 4.57 Å². The topological polar surface area (TPSA) is 108 Å². The summed E-state index contributed by atoms with van der Waals surface area (Å²) in [6.07, 6.45) is 1.90. The number of carbonyl (C=O) groups is 2. The standard InChI is InChI=1S/C21H27BrN2O5S/c1-20(2,3)29-19(26)24-11-16(12-6-7-30(27,28)21(4,5)10-12)14-8-13(22)9-15(17(14)24)18(23)25/h8-9,11-12H,6-7,10H2,1-5H3,(H2,23,25). The first-order valence-corrected chi connectivity index (χ1v) is 12.2. The molecule has 7 nitrogen and oxygen atoms in total. The van der Waals surface area contributed by atoms with E-state index in [9.17, 15) is 18.0 Å². The maximum absolute atomic E-state index is 12.9. The van der Waals surface area contributed by atoms with Gasteiger partial charge in [-0.05, 0) is 71.1 Å². The number of ether oxygens (including phenoxy) is 1. The average molecular weight is 499 g/mol. The van der Waals surface area contributed by atoms with Crippen LogP contribution >= 0.6 is 15.9 Å². The van der Waals surface area contributed by atoms with Crippen molar-refractivity contribution in [2.24, 2.45) is 5.73 Å². The molecule has 0 bridgehead atoms. The molecule has 1 aliphatic rings. The van der Waals surface area contributed by atoms with Crippen molar-refractivity contribution in [1.29, 1.82) is 0 Å². The quantitative estimate of drug-likeness (QED) is 0.661. The fourth-order valence-electron chi connectivity index (χ4n) is 3.98. The summed E-state index contributed by atoms with van der Waals surface area (Å²) in [5.74, 6) is -0.687. The number of hydrogen-bond donors (Lipinski definition) is 1. The van der Waals surface area contributed by atoms with Crippen LogP contribution in [0.25, 0.3) is 10.9 Å². The van der Waals surface area contributed by atoms with Crippen molar-refractivity contribution >= 4 is 48.7 Å². The van der Waals surface area contributed by atoms with Crippen LogP contribution in [-0.4, -0.2) is 41.1 Å². The van der Waals surface area contributed by atoms with Crippen LogP contribution in [0.1, 0.15) is 69.3 Å². The highest BCUT2D eigenvalue weighted by Crippen LogP contribution is 2.43. The molecular formula is C21H27BrN2O5S. The molecule has 0 spiro atoms. The van der Waals surface area contributed by atoms with Gasteiger partial charge >= 0.3 is 6.09 Å². The fraction of sp³-hybridized carbons (Fsp3) is 0.524. The number of nitrogens with two attached hydrogens (primary N) is 1. The highest BCUT2D eigenvalue weighted by atomic mass is 79.9. The summed E-state index contributed by atoms with van der Waals surface area (Å²) in [6, 6.07) is 3.40. The van der Waals surface area contributed by atoms with Crippen molar-refractivity contribution in [2.75, 3.05) is 5.75 Å². The Morgan fingerprint density at radius 3 is 2.43 bits per heavy atom. The van der Waals surface area contributed by atoms with Gasteiger partial charge in [0.05, 0.1) is 21.6 Å². The van der Waals surface area contributed by atoms with Gasteiger partial charge < -0.3 is 10.5 Å². The smallest absolute Gasteiger partial charge is 0.419 e. The second kappa shape index (κ2) is 7.37. The first-order chi connectivity index (χ1) is 13.6. The van der Waals surface area contributed by atoms with Crippen LogP contribution in [0.15, 0.2) is 22.8 Å². The second-order valence-corrected chi connectivity index (χ2v) is 13.1. The third-order valence-electron chi connectivity index (χ3n) is 5.51. The Labute approximate surface area is 185 Å². The van der Waals surface area contributed by atoms with Crippen LogP contribution in [-0.2, 0) is 14.6 Å². The Kier molecular flexibility index (Phi) is 5.60. The van der Waals surface area contributed by atoms with Crippen LogP contribution in [0.2, 0.25) is 0 Å². The Morgan fingerprint density at radius 2 is 1.90 bits per heavy atom. The van der Waals surface area contributed by atoms with Gasteiger partial charge in [-0.3, -0.25) is 9.36 Å². The van der Waals surface area contributed by atoms with E-state index in [1.54, 1.807) is 46.9 Å². The molecule has 1 aromatic carbocycles. The lowest BCUT2D eigenvalue weighted by Crippen LogP contribution is -2.40. The number of rotatable bonds is 2. The van der Waals surface area contributed by atoms with Crippen LogP contribution in [0.4, 0.5) is 4.79 Å². The summed E-state index contributed by atoms with van der Waals surface area (Å²) in [5, 5.41) is 0.684. The molecule has 2 aromatic rings. The Balaban J connectivity index is 2.23. The molecule has 1 fully saturated rings. The van der Waals surface area contributed by atoms with Gasteiger partial charge in [-0.25, -0.2) is 13.2 Å². The molecule has 1 atom stereocenters. The molecule has 164 valence electrons. The summed E-state index contributed by atoms with van der Waals surface area (Å²) in [4.78, 5) is 25.1. The molecule has 0 saturated carbocycles. The van der Waals surface area contributed by atoms with E-state index in [4.69, 9.17) is 10.5 Å². The minimum absolute atomic E-state index is 0.0699. The van der Waals surface area contributed by atoms with Crippen molar-refractivity contribution in [3.05, 3.63) is 33.9 Å².